The Morgan fingerprint density at radius 1 is 1.38 bits per heavy atom. The minimum absolute atomic E-state index is 0.161. The van der Waals surface area contributed by atoms with E-state index in [1.807, 2.05) is 0 Å². The molecular formula is C13H24BrNO. The van der Waals surface area contributed by atoms with E-state index in [1.165, 1.54) is 32.1 Å². The maximum atomic E-state index is 11.9. The number of halogens is 1. The topological polar surface area (TPSA) is 29.1 Å². The SMILES string of the molecule is CC(Br)C(C)(C)NC(=O)CC1CCCCC1. The molecule has 0 spiro atoms. The molecule has 1 amide bonds. The quantitative estimate of drug-likeness (QED) is 0.787. The van der Waals surface area contributed by atoms with Gasteiger partial charge in [0.15, 0.2) is 0 Å². The molecule has 1 saturated carbocycles. The number of hydrogen-bond acceptors (Lipinski definition) is 1. The van der Waals surface area contributed by atoms with Gasteiger partial charge in [0, 0.05) is 16.8 Å². The molecule has 0 bridgehead atoms. The van der Waals surface area contributed by atoms with Crippen LogP contribution in [0, 0.1) is 5.92 Å². The normalized spacial score (nSPS) is 20.5. The maximum Gasteiger partial charge on any atom is 0.220 e. The first-order valence-corrected chi connectivity index (χ1v) is 7.28. The van der Waals surface area contributed by atoms with E-state index in [4.69, 9.17) is 0 Å². The van der Waals surface area contributed by atoms with Crippen LogP contribution in [-0.4, -0.2) is 16.3 Å². The molecule has 1 atom stereocenters. The minimum Gasteiger partial charge on any atom is -0.350 e. The van der Waals surface area contributed by atoms with Gasteiger partial charge in [-0.2, -0.15) is 0 Å². The summed E-state index contributed by atoms with van der Waals surface area (Å²) in [6.07, 6.45) is 7.13. The van der Waals surface area contributed by atoms with Crippen LogP contribution in [0.15, 0.2) is 0 Å². The fraction of sp³-hybridized carbons (Fsp3) is 0.923. The van der Waals surface area contributed by atoms with Crippen molar-refractivity contribution in [3.8, 4) is 0 Å². The molecule has 16 heavy (non-hydrogen) atoms. The van der Waals surface area contributed by atoms with Crippen molar-refractivity contribution in [1.82, 2.24) is 5.32 Å². The summed E-state index contributed by atoms with van der Waals surface area (Å²) < 4.78 is 0. The van der Waals surface area contributed by atoms with Crippen molar-refractivity contribution in [2.45, 2.75) is 69.7 Å². The summed E-state index contributed by atoms with van der Waals surface area (Å²) >= 11 is 3.53. The average molecular weight is 290 g/mol. The molecule has 1 N–H and O–H groups in total. The van der Waals surface area contributed by atoms with Crippen LogP contribution in [0.25, 0.3) is 0 Å². The number of carbonyl (C=O) groups excluding carboxylic acids is 1. The number of hydrogen-bond donors (Lipinski definition) is 1. The Morgan fingerprint density at radius 2 is 1.94 bits per heavy atom. The zero-order chi connectivity index (χ0) is 12.2. The number of alkyl halides is 1. The summed E-state index contributed by atoms with van der Waals surface area (Å²) in [6.45, 7) is 6.19. The lowest BCUT2D eigenvalue weighted by atomic mass is 9.86. The molecule has 0 saturated heterocycles. The van der Waals surface area contributed by atoms with Crippen LogP contribution in [0.2, 0.25) is 0 Å². The van der Waals surface area contributed by atoms with Gasteiger partial charge in [-0.3, -0.25) is 4.79 Å². The van der Waals surface area contributed by atoms with Crippen molar-refractivity contribution in [3.63, 3.8) is 0 Å². The highest BCUT2D eigenvalue weighted by Crippen LogP contribution is 2.26. The molecule has 1 rings (SSSR count). The first-order chi connectivity index (χ1) is 7.42. The van der Waals surface area contributed by atoms with E-state index in [1.54, 1.807) is 0 Å². The van der Waals surface area contributed by atoms with Crippen LogP contribution >= 0.6 is 15.9 Å². The van der Waals surface area contributed by atoms with Crippen molar-refractivity contribution in [2.75, 3.05) is 0 Å². The summed E-state index contributed by atoms with van der Waals surface area (Å²) in [7, 11) is 0. The molecule has 2 nitrogen and oxygen atoms in total. The van der Waals surface area contributed by atoms with E-state index < -0.39 is 0 Å². The Bertz CT molecular complexity index is 232. The fourth-order valence-corrected chi connectivity index (χ4v) is 2.28. The Labute approximate surface area is 108 Å². The van der Waals surface area contributed by atoms with E-state index in [0.29, 0.717) is 12.3 Å². The first-order valence-electron chi connectivity index (χ1n) is 6.37. The van der Waals surface area contributed by atoms with Gasteiger partial charge in [-0.25, -0.2) is 0 Å². The Balaban J connectivity index is 2.34. The van der Waals surface area contributed by atoms with Gasteiger partial charge in [-0.15, -0.1) is 0 Å². The summed E-state index contributed by atoms with van der Waals surface area (Å²) in [4.78, 5) is 12.2. The zero-order valence-electron chi connectivity index (χ0n) is 10.7. The first kappa shape index (κ1) is 14.0. The molecule has 0 aliphatic heterocycles. The van der Waals surface area contributed by atoms with Gasteiger partial charge in [0.25, 0.3) is 0 Å². The van der Waals surface area contributed by atoms with Crippen LogP contribution < -0.4 is 5.32 Å². The van der Waals surface area contributed by atoms with Crippen LogP contribution in [-0.2, 0) is 4.79 Å². The second kappa shape index (κ2) is 6.04. The minimum atomic E-state index is -0.161. The molecule has 0 aromatic carbocycles. The molecule has 94 valence electrons. The third kappa shape index (κ3) is 4.44. The lowest BCUT2D eigenvalue weighted by Crippen LogP contribution is -2.49. The smallest absolute Gasteiger partial charge is 0.220 e. The lowest BCUT2D eigenvalue weighted by Gasteiger charge is -2.30. The molecular weight excluding hydrogens is 266 g/mol. The van der Waals surface area contributed by atoms with Gasteiger partial charge in [-0.1, -0.05) is 42.1 Å². The predicted molar refractivity (Wildman–Crippen MR) is 71.8 cm³/mol. The average Bonchev–Trinajstić information content (AvgIpc) is 2.17. The second-order valence-electron chi connectivity index (χ2n) is 5.59. The molecule has 0 heterocycles. The molecule has 1 aliphatic carbocycles. The van der Waals surface area contributed by atoms with E-state index in [2.05, 4.69) is 42.0 Å². The predicted octanol–water partition coefficient (Wildman–Crippen LogP) is 3.64. The summed E-state index contributed by atoms with van der Waals surface area (Å²) in [6, 6.07) is 0. The summed E-state index contributed by atoms with van der Waals surface area (Å²) in [5.74, 6) is 0.832. The Morgan fingerprint density at radius 3 is 2.44 bits per heavy atom. The van der Waals surface area contributed by atoms with Crippen molar-refractivity contribution >= 4 is 21.8 Å². The van der Waals surface area contributed by atoms with Crippen LogP contribution in [0.5, 0.6) is 0 Å². The van der Waals surface area contributed by atoms with E-state index in [9.17, 15) is 4.79 Å². The number of rotatable bonds is 4. The molecule has 0 radical (unpaired) electrons. The second-order valence-corrected chi connectivity index (χ2v) is 6.97. The Hall–Kier alpha value is -0.0500. The third-order valence-corrected chi connectivity index (χ3v) is 4.80. The van der Waals surface area contributed by atoms with Gasteiger partial charge in [-0.05, 0) is 32.6 Å². The number of amides is 1. The number of nitrogens with one attached hydrogen (secondary N) is 1. The van der Waals surface area contributed by atoms with Crippen LogP contribution in [0.3, 0.4) is 0 Å². The van der Waals surface area contributed by atoms with Gasteiger partial charge < -0.3 is 5.32 Å². The molecule has 0 aromatic rings. The van der Waals surface area contributed by atoms with Gasteiger partial charge >= 0.3 is 0 Å². The highest BCUT2D eigenvalue weighted by atomic mass is 79.9. The van der Waals surface area contributed by atoms with E-state index in [-0.39, 0.29) is 16.3 Å². The van der Waals surface area contributed by atoms with Gasteiger partial charge in [0.1, 0.15) is 0 Å². The van der Waals surface area contributed by atoms with Gasteiger partial charge in [0.2, 0.25) is 5.91 Å². The maximum absolute atomic E-state index is 11.9. The summed E-state index contributed by atoms with van der Waals surface area (Å²) in [5.41, 5.74) is -0.161. The monoisotopic (exact) mass is 289 g/mol. The zero-order valence-corrected chi connectivity index (χ0v) is 12.3. The number of carbonyl (C=O) groups is 1. The van der Waals surface area contributed by atoms with Crippen molar-refractivity contribution < 1.29 is 4.79 Å². The highest BCUT2D eigenvalue weighted by Gasteiger charge is 2.27. The van der Waals surface area contributed by atoms with Gasteiger partial charge in [0.05, 0.1) is 0 Å². The highest BCUT2D eigenvalue weighted by molar-refractivity contribution is 9.09. The Kier molecular flexibility index (Phi) is 5.29. The van der Waals surface area contributed by atoms with Crippen molar-refractivity contribution in [3.05, 3.63) is 0 Å². The lowest BCUT2D eigenvalue weighted by molar-refractivity contribution is -0.123. The van der Waals surface area contributed by atoms with E-state index in [0.717, 1.165) is 0 Å². The molecule has 0 aromatic heterocycles. The molecule has 1 fully saturated rings. The van der Waals surface area contributed by atoms with E-state index >= 15 is 0 Å². The largest absolute Gasteiger partial charge is 0.350 e. The molecule has 3 heteroatoms. The summed E-state index contributed by atoms with van der Waals surface area (Å²) in [5, 5.41) is 3.12. The molecule has 1 unspecified atom stereocenters. The molecule has 1 aliphatic rings. The van der Waals surface area contributed by atoms with Crippen molar-refractivity contribution in [1.29, 1.82) is 0 Å². The van der Waals surface area contributed by atoms with Crippen LogP contribution in [0.1, 0.15) is 59.3 Å². The third-order valence-electron chi connectivity index (χ3n) is 3.65. The standard InChI is InChI=1S/C13H24BrNO/c1-10(14)13(2,3)15-12(16)9-11-7-5-4-6-8-11/h10-11H,4-9H2,1-3H3,(H,15,16). The fourth-order valence-electron chi connectivity index (χ4n) is 2.16. The van der Waals surface area contributed by atoms with Crippen molar-refractivity contribution in [2.24, 2.45) is 5.92 Å². The van der Waals surface area contributed by atoms with Crippen LogP contribution in [0.4, 0.5) is 0 Å².